The van der Waals surface area contributed by atoms with Crippen molar-refractivity contribution < 1.29 is 18.7 Å². The van der Waals surface area contributed by atoms with Gasteiger partial charge in [0.25, 0.3) is 0 Å². The summed E-state index contributed by atoms with van der Waals surface area (Å²) in [5.74, 6) is 0.409. The third-order valence-electron chi connectivity index (χ3n) is 6.54. The summed E-state index contributed by atoms with van der Waals surface area (Å²) in [6, 6.07) is 5.13. The molecule has 4 amide bonds. The predicted molar refractivity (Wildman–Crippen MR) is 115 cm³/mol. The van der Waals surface area contributed by atoms with Gasteiger partial charge < -0.3 is 25.2 Å². The van der Waals surface area contributed by atoms with E-state index in [0.29, 0.717) is 31.2 Å². The number of urea groups is 2. The van der Waals surface area contributed by atoms with Crippen LogP contribution in [0.2, 0.25) is 0 Å². The third-order valence-corrected chi connectivity index (χ3v) is 6.54. The van der Waals surface area contributed by atoms with Crippen LogP contribution in [0.15, 0.2) is 18.2 Å². The van der Waals surface area contributed by atoms with Gasteiger partial charge in [0.15, 0.2) is 0 Å². The lowest BCUT2D eigenvalue weighted by Crippen LogP contribution is -2.58. The Morgan fingerprint density at radius 1 is 1.19 bits per heavy atom. The number of nitrogens with one attached hydrogen (secondary N) is 2. The first-order valence-electron chi connectivity index (χ1n) is 11.3. The number of piperidine rings is 1. The first-order valence-corrected chi connectivity index (χ1v) is 11.3. The summed E-state index contributed by atoms with van der Waals surface area (Å²) in [6.07, 6.45) is 4.97. The summed E-state index contributed by atoms with van der Waals surface area (Å²) in [4.78, 5) is 29.1. The van der Waals surface area contributed by atoms with Gasteiger partial charge in [0, 0.05) is 51.3 Å². The van der Waals surface area contributed by atoms with Gasteiger partial charge >= 0.3 is 12.1 Å². The second kappa shape index (κ2) is 9.42. The molecule has 1 aliphatic heterocycles. The number of carbonyl (C=O) groups excluding carboxylic acids is 2. The molecule has 7 nitrogen and oxygen atoms in total. The fourth-order valence-corrected chi connectivity index (χ4v) is 4.68. The Balaban J connectivity index is 1.42. The lowest BCUT2D eigenvalue weighted by Gasteiger charge is -2.42. The number of likely N-dealkylation sites (tertiary alicyclic amines) is 1. The molecule has 4 rings (SSSR count). The maximum Gasteiger partial charge on any atom is 0.318 e. The molecule has 8 heteroatoms. The molecule has 0 unspecified atom stereocenters. The van der Waals surface area contributed by atoms with Crippen molar-refractivity contribution in [1.82, 2.24) is 20.4 Å². The molecule has 2 aliphatic carbocycles. The Labute approximate surface area is 183 Å². The molecule has 2 saturated carbocycles. The van der Waals surface area contributed by atoms with Crippen molar-refractivity contribution in [3.63, 3.8) is 0 Å². The zero-order valence-corrected chi connectivity index (χ0v) is 18.4. The second-order valence-corrected chi connectivity index (χ2v) is 9.09. The Morgan fingerprint density at radius 2 is 1.97 bits per heavy atom. The molecule has 2 N–H and O–H groups in total. The fourth-order valence-electron chi connectivity index (χ4n) is 4.68. The van der Waals surface area contributed by atoms with Crippen LogP contribution in [-0.2, 0) is 11.3 Å². The molecule has 0 spiro atoms. The van der Waals surface area contributed by atoms with E-state index in [2.05, 4.69) is 10.6 Å². The first-order chi connectivity index (χ1) is 15.0. The summed E-state index contributed by atoms with van der Waals surface area (Å²) in [7, 11) is 3.27. The number of hydrogen-bond donors (Lipinski definition) is 2. The van der Waals surface area contributed by atoms with Gasteiger partial charge in [-0.05, 0) is 49.7 Å². The van der Waals surface area contributed by atoms with E-state index in [1.807, 2.05) is 11.0 Å². The van der Waals surface area contributed by atoms with E-state index in [0.717, 1.165) is 37.7 Å². The van der Waals surface area contributed by atoms with Gasteiger partial charge in [-0.25, -0.2) is 14.0 Å². The highest BCUT2D eigenvalue weighted by Gasteiger charge is 2.41. The highest BCUT2D eigenvalue weighted by atomic mass is 19.1. The Morgan fingerprint density at radius 3 is 2.58 bits per heavy atom. The summed E-state index contributed by atoms with van der Waals surface area (Å²) >= 11 is 0. The maximum absolute atomic E-state index is 14.5. The fraction of sp³-hybridized carbons (Fsp3) is 0.652. The number of benzene rings is 1. The van der Waals surface area contributed by atoms with Crippen LogP contribution in [0, 0.1) is 11.7 Å². The smallest absolute Gasteiger partial charge is 0.318 e. The average Bonchev–Trinajstić information content (AvgIpc) is 3.66. The summed E-state index contributed by atoms with van der Waals surface area (Å²) in [5.41, 5.74) is 1.55. The lowest BCUT2D eigenvalue weighted by atomic mass is 9.94. The topological polar surface area (TPSA) is 73.9 Å². The van der Waals surface area contributed by atoms with Crippen LogP contribution in [0.25, 0.3) is 0 Å². The molecule has 1 aromatic carbocycles. The van der Waals surface area contributed by atoms with Crippen molar-refractivity contribution in [3.05, 3.63) is 35.1 Å². The van der Waals surface area contributed by atoms with Crippen LogP contribution in [-0.4, -0.2) is 67.8 Å². The Kier molecular flexibility index (Phi) is 6.65. The second-order valence-electron chi connectivity index (χ2n) is 9.09. The molecule has 3 aliphatic rings. The van der Waals surface area contributed by atoms with E-state index in [4.69, 9.17) is 4.74 Å². The number of methoxy groups -OCH3 is 1. The molecule has 1 heterocycles. The van der Waals surface area contributed by atoms with Crippen molar-refractivity contribution in [1.29, 1.82) is 0 Å². The van der Waals surface area contributed by atoms with Gasteiger partial charge in [0.2, 0.25) is 0 Å². The highest BCUT2D eigenvalue weighted by molar-refractivity contribution is 5.76. The SMILES string of the molecule is CNC(=O)N1C[C@@H](COC)C[C@@H](N(C(=O)NCc2ccc(C3CC3)cc2F)C2CC2)C1. The van der Waals surface area contributed by atoms with Crippen LogP contribution in [0.3, 0.4) is 0 Å². The van der Waals surface area contributed by atoms with E-state index in [-0.39, 0.29) is 42.4 Å². The lowest BCUT2D eigenvalue weighted by molar-refractivity contribution is 0.0552. The number of halogens is 1. The summed E-state index contributed by atoms with van der Waals surface area (Å²) in [6.45, 7) is 1.81. The molecular formula is C23H33FN4O3. The molecule has 1 saturated heterocycles. The van der Waals surface area contributed by atoms with Gasteiger partial charge in [-0.1, -0.05) is 12.1 Å². The molecule has 2 atom stereocenters. The van der Waals surface area contributed by atoms with Crippen molar-refractivity contribution in [2.75, 3.05) is 33.9 Å². The number of ether oxygens (including phenoxy) is 1. The molecule has 1 aromatic rings. The maximum atomic E-state index is 14.5. The van der Waals surface area contributed by atoms with Crippen LogP contribution < -0.4 is 10.6 Å². The third kappa shape index (κ3) is 5.29. The zero-order chi connectivity index (χ0) is 22.0. The number of carbonyl (C=O) groups is 2. The average molecular weight is 433 g/mol. The number of hydrogen-bond acceptors (Lipinski definition) is 3. The van der Waals surface area contributed by atoms with Crippen LogP contribution in [0.5, 0.6) is 0 Å². The number of amides is 4. The molecule has 3 fully saturated rings. The van der Waals surface area contributed by atoms with E-state index >= 15 is 0 Å². The Hall–Kier alpha value is -2.35. The normalized spacial score (nSPS) is 23.4. The summed E-state index contributed by atoms with van der Waals surface area (Å²) < 4.78 is 19.8. The largest absolute Gasteiger partial charge is 0.384 e. The quantitative estimate of drug-likeness (QED) is 0.696. The predicted octanol–water partition coefficient (Wildman–Crippen LogP) is 3.05. The monoisotopic (exact) mass is 432 g/mol. The molecule has 0 bridgehead atoms. The Bertz CT molecular complexity index is 812. The minimum absolute atomic E-state index is 0.0826. The number of rotatable bonds is 7. The van der Waals surface area contributed by atoms with Gasteiger partial charge in [-0.2, -0.15) is 0 Å². The van der Waals surface area contributed by atoms with Crippen LogP contribution in [0.4, 0.5) is 14.0 Å². The van der Waals surface area contributed by atoms with Gasteiger partial charge in [0.1, 0.15) is 5.82 Å². The van der Waals surface area contributed by atoms with E-state index in [1.165, 1.54) is 0 Å². The van der Waals surface area contributed by atoms with Crippen molar-refractivity contribution in [2.24, 2.45) is 5.92 Å². The van der Waals surface area contributed by atoms with Gasteiger partial charge in [-0.15, -0.1) is 0 Å². The van der Waals surface area contributed by atoms with Crippen LogP contribution in [0.1, 0.15) is 49.1 Å². The van der Waals surface area contributed by atoms with Crippen LogP contribution >= 0.6 is 0 Å². The molecule has 170 valence electrons. The first kappa shape index (κ1) is 21.9. The van der Waals surface area contributed by atoms with E-state index in [9.17, 15) is 14.0 Å². The minimum atomic E-state index is -0.258. The molecule has 31 heavy (non-hydrogen) atoms. The molecule has 0 radical (unpaired) electrons. The van der Waals surface area contributed by atoms with Crippen molar-refractivity contribution >= 4 is 12.1 Å². The van der Waals surface area contributed by atoms with E-state index < -0.39 is 0 Å². The van der Waals surface area contributed by atoms with Crippen molar-refractivity contribution in [3.8, 4) is 0 Å². The highest BCUT2D eigenvalue weighted by Crippen LogP contribution is 2.40. The van der Waals surface area contributed by atoms with Gasteiger partial charge in [-0.3, -0.25) is 0 Å². The van der Waals surface area contributed by atoms with E-state index in [1.54, 1.807) is 31.2 Å². The molecular weight excluding hydrogens is 399 g/mol. The standard InChI is InChI=1S/C23H33FN4O3/c1-25-22(29)27-12-15(14-31-2)9-20(13-27)28(19-7-8-19)23(30)26-11-18-6-5-17(10-21(18)24)16-3-4-16/h5-6,10,15-16,19-20H,3-4,7-9,11-14H2,1-2H3,(H,25,29)(H,26,30)/t15-,20+/m0/s1. The van der Waals surface area contributed by atoms with Gasteiger partial charge in [0.05, 0.1) is 12.6 Å². The summed E-state index contributed by atoms with van der Waals surface area (Å²) in [5, 5.41) is 5.61. The minimum Gasteiger partial charge on any atom is -0.384 e. The van der Waals surface area contributed by atoms with Crippen molar-refractivity contribution in [2.45, 2.75) is 56.7 Å². The zero-order valence-electron chi connectivity index (χ0n) is 18.4. The molecule has 0 aromatic heterocycles. The number of nitrogens with zero attached hydrogens (tertiary/aromatic N) is 2.